The summed E-state index contributed by atoms with van der Waals surface area (Å²) in [5.41, 5.74) is 8.04. The predicted octanol–water partition coefficient (Wildman–Crippen LogP) is 4.07. The fourth-order valence-corrected chi connectivity index (χ4v) is 2.67. The van der Waals surface area contributed by atoms with Gasteiger partial charge in [-0.15, -0.1) is 12.4 Å². The van der Waals surface area contributed by atoms with Crippen molar-refractivity contribution in [3.63, 3.8) is 0 Å². The van der Waals surface area contributed by atoms with Crippen molar-refractivity contribution in [2.45, 2.75) is 32.6 Å². The second-order valence-corrected chi connectivity index (χ2v) is 6.41. The topological polar surface area (TPSA) is 84.2 Å². The summed E-state index contributed by atoms with van der Waals surface area (Å²) in [6.45, 7) is 2.18. The van der Waals surface area contributed by atoms with Crippen molar-refractivity contribution in [3.05, 3.63) is 65.2 Å². The van der Waals surface area contributed by atoms with Gasteiger partial charge in [-0.05, 0) is 67.0 Å². The average Bonchev–Trinajstić information content (AvgIpc) is 2.62. The molecule has 0 aliphatic rings. The second kappa shape index (κ2) is 11.3. The Kier molecular flexibility index (Phi) is 9.47. The number of nitrogens with one attached hydrogen (secondary N) is 2. The van der Waals surface area contributed by atoms with Crippen molar-refractivity contribution in [3.8, 4) is 0 Å². The van der Waals surface area contributed by atoms with Crippen LogP contribution in [0.5, 0.6) is 0 Å². The van der Waals surface area contributed by atoms with Gasteiger partial charge in [-0.2, -0.15) is 0 Å². The normalized spacial score (nSPS) is 9.81. The summed E-state index contributed by atoms with van der Waals surface area (Å²) in [6, 6.07) is 14.1. The number of carbonyl (C=O) groups is 2. The number of unbranched alkanes of at least 4 members (excludes halogenated alkanes) is 2. The quantitative estimate of drug-likeness (QED) is 0.479. The third kappa shape index (κ3) is 7.37. The van der Waals surface area contributed by atoms with Crippen LogP contribution in [0.15, 0.2) is 48.5 Å². The third-order valence-corrected chi connectivity index (χ3v) is 4.14. The predicted molar refractivity (Wildman–Crippen MR) is 116 cm³/mol. The van der Waals surface area contributed by atoms with E-state index in [4.69, 9.17) is 18.0 Å². The van der Waals surface area contributed by atoms with E-state index >= 15 is 0 Å². The Bertz CT molecular complexity index is 777. The number of thiocarbonyl (C=S) groups is 1. The molecule has 0 atom stereocenters. The van der Waals surface area contributed by atoms with E-state index in [0.717, 1.165) is 12.8 Å². The first-order valence-electron chi connectivity index (χ1n) is 8.60. The van der Waals surface area contributed by atoms with Crippen molar-refractivity contribution in [2.75, 3.05) is 5.32 Å². The Hall–Kier alpha value is -2.44. The molecular weight excluding hydrogens is 382 g/mol. The monoisotopic (exact) mass is 405 g/mol. The average molecular weight is 406 g/mol. The number of anilines is 1. The summed E-state index contributed by atoms with van der Waals surface area (Å²) < 4.78 is 0. The van der Waals surface area contributed by atoms with Crippen LogP contribution in [0, 0.1) is 0 Å². The smallest absolute Gasteiger partial charge is 0.257 e. The second-order valence-electron chi connectivity index (χ2n) is 6.00. The maximum atomic E-state index is 12.3. The molecule has 4 N–H and O–H groups in total. The number of rotatable bonds is 7. The molecule has 0 spiro atoms. The first kappa shape index (κ1) is 22.6. The summed E-state index contributed by atoms with van der Waals surface area (Å²) >= 11 is 5.16. The number of amides is 2. The van der Waals surface area contributed by atoms with E-state index < -0.39 is 5.91 Å². The molecule has 5 nitrogen and oxygen atoms in total. The van der Waals surface area contributed by atoms with Gasteiger partial charge in [-0.1, -0.05) is 31.9 Å². The zero-order valence-corrected chi connectivity index (χ0v) is 16.8. The zero-order chi connectivity index (χ0) is 18.9. The summed E-state index contributed by atoms with van der Waals surface area (Å²) in [5, 5.41) is 5.73. The lowest BCUT2D eigenvalue weighted by atomic mass is 10.1. The molecule has 0 aliphatic carbocycles. The number of carbonyl (C=O) groups excluding carboxylic acids is 2. The summed E-state index contributed by atoms with van der Waals surface area (Å²) in [5.74, 6) is -0.762. The molecule has 27 heavy (non-hydrogen) atoms. The standard InChI is InChI=1S/C20H23N3O2S.ClH/c1-2-3-4-5-14-6-8-16(9-7-14)19(25)23-20(26)22-17-12-10-15(11-13-17)18(21)24;/h6-13H,2-5H2,1H3,(H2,21,24)(H2,22,23,25,26);1H. The highest BCUT2D eigenvalue weighted by Gasteiger charge is 2.08. The molecule has 0 heterocycles. The van der Waals surface area contributed by atoms with Crippen molar-refractivity contribution in [1.82, 2.24) is 5.32 Å². The molecular formula is C20H24ClN3O2S. The molecule has 2 aromatic rings. The van der Waals surface area contributed by atoms with Crippen LogP contribution in [0.2, 0.25) is 0 Å². The number of aryl methyl sites for hydroxylation is 1. The number of halogens is 1. The van der Waals surface area contributed by atoms with Crippen molar-refractivity contribution in [2.24, 2.45) is 5.73 Å². The van der Waals surface area contributed by atoms with Gasteiger partial charge in [0.1, 0.15) is 0 Å². The third-order valence-electron chi connectivity index (χ3n) is 3.94. The number of hydrogen-bond donors (Lipinski definition) is 3. The molecule has 7 heteroatoms. The Morgan fingerprint density at radius 3 is 2.11 bits per heavy atom. The van der Waals surface area contributed by atoms with Crippen LogP contribution in [0.3, 0.4) is 0 Å². The highest BCUT2D eigenvalue weighted by Crippen LogP contribution is 2.11. The molecule has 0 unspecified atom stereocenters. The first-order chi connectivity index (χ1) is 12.5. The summed E-state index contributed by atoms with van der Waals surface area (Å²) in [4.78, 5) is 23.3. The molecule has 0 radical (unpaired) electrons. The van der Waals surface area contributed by atoms with E-state index in [1.165, 1.54) is 18.4 Å². The Morgan fingerprint density at radius 2 is 1.56 bits per heavy atom. The molecule has 0 fully saturated rings. The van der Waals surface area contributed by atoms with Crippen LogP contribution in [-0.2, 0) is 6.42 Å². The molecule has 0 saturated heterocycles. The Balaban J connectivity index is 0.00000364. The van der Waals surface area contributed by atoms with Gasteiger partial charge < -0.3 is 11.1 Å². The highest BCUT2D eigenvalue weighted by molar-refractivity contribution is 7.80. The molecule has 0 bridgehead atoms. The Labute approximate surface area is 171 Å². The SMILES string of the molecule is CCCCCc1ccc(C(=O)NC(=S)Nc2ccc(C(N)=O)cc2)cc1.Cl. The molecule has 0 saturated carbocycles. The minimum absolute atomic E-state index is 0. The lowest BCUT2D eigenvalue weighted by Crippen LogP contribution is -2.34. The first-order valence-corrected chi connectivity index (χ1v) is 9.01. The maximum absolute atomic E-state index is 12.3. The zero-order valence-electron chi connectivity index (χ0n) is 15.2. The Morgan fingerprint density at radius 1 is 0.963 bits per heavy atom. The van der Waals surface area contributed by atoms with Gasteiger partial charge in [0, 0.05) is 16.8 Å². The maximum Gasteiger partial charge on any atom is 0.257 e. The number of benzene rings is 2. The molecule has 2 rings (SSSR count). The fourth-order valence-electron chi connectivity index (χ4n) is 2.46. The molecule has 0 aromatic heterocycles. The van der Waals surface area contributed by atoms with Crippen LogP contribution in [0.4, 0.5) is 5.69 Å². The van der Waals surface area contributed by atoms with Crippen molar-refractivity contribution < 1.29 is 9.59 Å². The molecule has 0 aliphatic heterocycles. The van der Waals surface area contributed by atoms with Gasteiger partial charge in [0.15, 0.2) is 5.11 Å². The van der Waals surface area contributed by atoms with Crippen LogP contribution in [-0.4, -0.2) is 16.9 Å². The number of hydrogen-bond acceptors (Lipinski definition) is 3. The lowest BCUT2D eigenvalue weighted by molar-refractivity contribution is 0.0975. The fraction of sp³-hybridized carbons (Fsp3) is 0.250. The van der Waals surface area contributed by atoms with Gasteiger partial charge in [0.25, 0.3) is 5.91 Å². The lowest BCUT2D eigenvalue weighted by Gasteiger charge is -2.10. The van der Waals surface area contributed by atoms with E-state index in [2.05, 4.69) is 17.6 Å². The minimum Gasteiger partial charge on any atom is -0.366 e. The van der Waals surface area contributed by atoms with Gasteiger partial charge >= 0.3 is 0 Å². The van der Waals surface area contributed by atoms with Crippen LogP contribution >= 0.6 is 24.6 Å². The van der Waals surface area contributed by atoms with E-state index in [9.17, 15) is 9.59 Å². The van der Waals surface area contributed by atoms with Crippen LogP contribution in [0.1, 0.15) is 52.5 Å². The van der Waals surface area contributed by atoms with Crippen molar-refractivity contribution in [1.29, 1.82) is 0 Å². The van der Waals surface area contributed by atoms with E-state index in [1.54, 1.807) is 36.4 Å². The van der Waals surface area contributed by atoms with Gasteiger partial charge in [0.05, 0.1) is 0 Å². The largest absolute Gasteiger partial charge is 0.366 e. The highest BCUT2D eigenvalue weighted by atomic mass is 35.5. The number of nitrogens with two attached hydrogens (primary N) is 1. The van der Waals surface area contributed by atoms with Gasteiger partial charge in [0.2, 0.25) is 5.91 Å². The minimum atomic E-state index is -0.495. The van der Waals surface area contributed by atoms with Gasteiger partial charge in [-0.3, -0.25) is 14.9 Å². The van der Waals surface area contributed by atoms with Crippen molar-refractivity contribution >= 4 is 47.2 Å². The van der Waals surface area contributed by atoms with E-state index in [-0.39, 0.29) is 23.4 Å². The summed E-state index contributed by atoms with van der Waals surface area (Å²) in [6.07, 6.45) is 4.58. The summed E-state index contributed by atoms with van der Waals surface area (Å²) in [7, 11) is 0. The molecule has 2 aromatic carbocycles. The van der Waals surface area contributed by atoms with E-state index in [0.29, 0.717) is 16.8 Å². The molecule has 144 valence electrons. The van der Waals surface area contributed by atoms with Crippen LogP contribution < -0.4 is 16.4 Å². The van der Waals surface area contributed by atoms with E-state index in [1.807, 2.05) is 12.1 Å². The van der Waals surface area contributed by atoms with Gasteiger partial charge in [-0.25, -0.2) is 0 Å². The molecule has 2 amide bonds. The number of primary amides is 1. The van der Waals surface area contributed by atoms with Crippen LogP contribution in [0.25, 0.3) is 0 Å².